The lowest BCUT2D eigenvalue weighted by Gasteiger charge is -2.08. The summed E-state index contributed by atoms with van der Waals surface area (Å²) in [6, 6.07) is 0. The SMILES string of the molecule is COC(=O)C1=C(OC)C(OC(C)=O)=C/C1=C/O. The lowest BCUT2D eigenvalue weighted by molar-refractivity contribution is -0.138. The maximum atomic E-state index is 11.5. The number of hydrogen-bond donors (Lipinski definition) is 1. The number of methoxy groups -OCH3 is 2. The fourth-order valence-electron chi connectivity index (χ4n) is 1.38. The number of hydrogen-bond acceptors (Lipinski definition) is 6. The van der Waals surface area contributed by atoms with Gasteiger partial charge in [-0.25, -0.2) is 4.79 Å². The first-order valence-electron chi connectivity index (χ1n) is 4.67. The number of ether oxygens (including phenoxy) is 3. The zero-order valence-corrected chi connectivity index (χ0v) is 9.64. The molecule has 0 amide bonds. The van der Waals surface area contributed by atoms with Crippen molar-refractivity contribution in [3.63, 3.8) is 0 Å². The number of rotatable bonds is 3. The van der Waals surface area contributed by atoms with Crippen LogP contribution < -0.4 is 0 Å². The van der Waals surface area contributed by atoms with Crippen LogP contribution in [0.2, 0.25) is 0 Å². The molecule has 0 aliphatic heterocycles. The van der Waals surface area contributed by atoms with Crippen LogP contribution in [-0.2, 0) is 23.8 Å². The smallest absolute Gasteiger partial charge is 0.342 e. The standard InChI is InChI=1S/C11H12O6/c1-6(13)17-8-4-7(5-12)9(10(8)15-2)11(14)16-3/h4-5,12H,1-3H3/b7-5-. The van der Waals surface area contributed by atoms with Gasteiger partial charge in [-0.15, -0.1) is 0 Å². The summed E-state index contributed by atoms with van der Waals surface area (Å²) in [5, 5.41) is 9.00. The highest BCUT2D eigenvalue weighted by molar-refractivity contribution is 5.97. The number of esters is 2. The van der Waals surface area contributed by atoms with Crippen LogP contribution in [0.4, 0.5) is 0 Å². The summed E-state index contributed by atoms with van der Waals surface area (Å²) >= 11 is 0. The van der Waals surface area contributed by atoms with Gasteiger partial charge in [0.1, 0.15) is 5.57 Å². The number of allylic oxidation sites excluding steroid dienone is 1. The number of aliphatic hydroxyl groups excluding tert-OH is 1. The Kier molecular flexibility index (Phi) is 3.92. The second-order valence-electron chi connectivity index (χ2n) is 3.09. The Morgan fingerprint density at radius 1 is 1.35 bits per heavy atom. The van der Waals surface area contributed by atoms with E-state index in [9.17, 15) is 9.59 Å². The summed E-state index contributed by atoms with van der Waals surface area (Å²) < 4.78 is 14.4. The van der Waals surface area contributed by atoms with E-state index in [1.807, 2.05) is 0 Å². The van der Waals surface area contributed by atoms with Gasteiger partial charge >= 0.3 is 11.9 Å². The average molecular weight is 240 g/mol. The predicted octanol–water partition coefficient (Wildman–Crippen LogP) is 0.962. The van der Waals surface area contributed by atoms with E-state index in [0.717, 1.165) is 0 Å². The molecule has 0 radical (unpaired) electrons. The molecule has 6 heteroatoms. The van der Waals surface area contributed by atoms with Crippen molar-refractivity contribution in [1.82, 2.24) is 0 Å². The summed E-state index contributed by atoms with van der Waals surface area (Å²) in [7, 11) is 2.51. The third-order valence-electron chi connectivity index (χ3n) is 2.01. The van der Waals surface area contributed by atoms with Gasteiger partial charge < -0.3 is 19.3 Å². The maximum absolute atomic E-state index is 11.5. The van der Waals surface area contributed by atoms with Crippen LogP contribution in [0.5, 0.6) is 0 Å². The molecule has 0 saturated heterocycles. The summed E-state index contributed by atoms with van der Waals surface area (Å²) in [6.07, 6.45) is 2.02. The molecule has 0 atom stereocenters. The topological polar surface area (TPSA) is 82.1 Å². The van der Waals surface area contributed by atoms with Gasteiger partial charge in [-0.3, -0.25) is 4.79 Å². The molecule has 0 saturated carbocycles. The summed E-state index contributed by atoms with van der Waals surface area (Å²) in [4.78, 5) is 22.4. The first-order chi connectivity index (χ1) is 8.04. The molecule has 0 bridgehead atoms. The third-order valence-corrected chi connectivity index (χ3v) is 2.01. The minimum Gasteiger partial charge on any atom is -0.515 e. The molecule has 17 heavy (non-hydrogen) atoms. The summed E-state index contributed by atoms with van der Waals surface area (Å²) in [5.41, 5.74) is 0.165. The zero-order valence-electron chi connectivity index (χ0n) is 9.64. The van der Waals surface area contributed by atoms with E-state index >= 15 is 0 Å². The molecule has 0 spiro atoms. The van der Waals surface area contributed by atoms with Crippen LogP contribution in [0.15, 0.2) is 35.0 Å². The molecule has 0 aromatic carbocycles. The molecule has 0 aromatic rings. The minimum atomic E-state index is -0.694. The van der Waals surface area contributed by atoms with E-state index < -0.39 is 11.9 Å². The van der Waals surface area contributed by atoms with Gasteiger partial charge in [0.05, 0.1) is 20.5 Å². The molecule has 0 heterocycles. The van der Waals surface area contributed by atoms with Crippen molar-refractivity contribution in [3.8, 4) is 0 Å². The lowest BCUT2D eigenvalue weighted by atomic mass is 10.1. The van der Waals surface area contributed by atoms with Crippen LogP contribution >= 0.6 is 0 Å². The van der Waals surface area contributed by atoms with E-state index in [0.29, 0.717) is 6.26 Å². The summed E-state index contributed by atoms with van der Waals surface area (Å²) in [5.74, 6) is -1.15. The van der Waals surface area contributed by atoms with Crippen molar-refractivity contribution in [2.24, 2.45) is 0 Å². The van der Waals surface area contributed by atoms with Gasteiger partial charge in [-0.1, -0.05) is 0 Å². The predicted molar refractivity (Wildman–Crippen MR) is 56.6 cm³/mol. The van der Waals surface area contributed by atoms with E-state index in [4.69, 9.17) is 14.6 Å². The molecule has 1 N–H and O–H groups in total. The second-order valence-corrected chi connectivity index (χ2v) is 3.09. The molecule has 1 rings (SSSR count). The molecule has 1 aliphatic rings. The highest BCUT2D eigenvalue weighted by Gasteiger charge is 2.31. The highest BCUT2D eigenvalue weighted by Crippen LogP contribution is 2.32. The molecule has 92 valence electrons. The Morgan fingerprint density at radius 3 is 2.41 bits per heavy atom. The van der Waals surface area contributed by atoms with E-state index in [1.165, 1.54) is 27.2 Å². The molecule has 0 fully saturated rings. The fourth-order valence-corrected chi connectivity index (χ4v) is 1.38. The minimum absolute atomic E-state index is 0.00810. The molecule has 6 nitrogen and oxygen atoms in total. The highest BCUT2D eigenvalue weighted by atomic mass is 16.6. The molecule has 0 aromatic heterocycles. The Hall–Kier alpha value is -2.24. The third kappa shape index (κ3) is 2.47. The normalized spacial score (nSPS) is 16.9. The first-order valence-corrected chi connectivity index (χ1v) is 4.67. The summed E-state index contributed by atoms with van der Waals surface area (Å²) in [6.45, 7) is 1.21. The van der Waals surface area contributed by atoms with Gasteiger partial charge in [0.15, 0.2) is 11.5 Å². The Balaban J connectivity index is 3.23. The Labute approximate surface area is 97.8 Å². The number of carbonyl (C=O) groups excluding carboxylic acids is 2. The van der Waals surface area contributed by atoms with Crippen LogP contribution in [0.3, 0.4) is 0 Å². The quantitative estimate of drug-likeness (QED) is 0.584. The van der Waals surface area contributed by atoms with E-state index in [2.05, 4.69) is 4.74 Å². The van der Waals surface area contributed by atoms with Crippen molar-refractivity contribution in [3.05, 3.63) is 35.0 Å². The molecule has 1 aliphatic carbocycles. The van der Waals surface area contributed by atoms with Gasteiger partial charge in [0, 0.05) is 12.5 Å². The van der Waals surface area contributed by atoms with Crippen molar-refractivity contribution in [2.45, 2.75) is 6.92 Å². The molecular formula is C11H12O6. The van der Waals surface area contributed by atoms with Crippen LogP contribution in [-0.4, -0.2) is 31.3 Å². The van der Waals surface area contributed by atoms with Crippen LogP contribution in [0.25, 0.3) is 0 Å². The fraction of sp³-hybridized carbons (Fsp3) is 0.273. The number of carbonyl (C=O) groups is 2. The largest absolute Gasteiger partial charge is 0.515 e. The Morgan fingerprint density at radius 2 is 2.00 bits per heavy atom. The van der Waals surface area contributed by atoms with Gasteiger partial charge in [-0.2, -0.15) is 0 Å². The maximum Gasteiger partial charge on any atom is 0.342 e. The molecular weight excluding hydrogens is 228 g/mol. The van der Waals surface area contributed by atoms with Crippen molar-refractivity contribution < 1.29 is 28.9 Å². The van der Waals surface area contributed by atoms with Crippen molar-refractivity contribution in [2.75, 3.05) is 14.2 Å². The van der Waals surface area contributed by atoms with Crippen molar-refractivity contribution >= 4 is 11.9 Å². The van der Waals surface area contributed by atoms with Gasteiger partial charge in [0.2, 0.25) is 0 Å². The monoisotopic (exact) mass is 240 g/mol. The van der Waals surface area contributed by atoms with Crippen molar-refractivity contribution in [1.29, 1.82) is 0 Å². The van der Waals surface area contributed by atoms with Gasteiger partial charge in [-0.05, 0) is 6.08 Å². The second kappa shape index (κ2) is 5.20. The lowest BCUT2D eigenvalue weighted by Crippen LogP contribution is -2.09. The Bertz CT molecular complexity index is 441. The van der Waals surface area contributed by atoms with Crippen LogP contribution in [0.1, 0.15) is 6.92 Å². The van der Waals surface area contributed by atoms with E-state index in [1.54, 1.807) is 0 Å². The zero-order chi connectivity index (χ0) is 13.0. The van der Waals surface area contributed by atoms with Gasteiger partial charge in [0.25, 0.3) is 0 Å². The first kappa shape index (κ1) is 12.8. The number of aliphatic hydroxyl groups is 1. The molecule has 0 unspecified atom stereocenters. The van der Waals surface area contributed by atoms with E-state index in [-0.39, 0.29) is 22.7 Å². The average Bonchev–Trinajstić information content (AvgIpc) is 2.64. The van der Waals surface area contributed by atoms with Crippen LogP contribution in [0, 0.1) is 0 Å².